The van der Waals surface area contributed by atoms with Crippen molar-refractivity contribution < 1.29 is 19.8 Å². The summed E-state index contributed by atoms with van der Waals surface area (Å²) in [7, 11) is 1.69. The third kappa shape index (κ3) is 3.85. The van der Waals surface area contributed by atoms with Crippen molar-refractivity contribution in [3.8, 4) is 0 Å². The van der Waals surface area contributed by atoms with Gasteiger partial charge in [0.25, 0.3) is 0 Å². The first kappa shape index (κ1) is 16.8. The van der Waals surface area contributed by atoms with E-state index < -0.39 is 17.5 Å². The van der Waals surface area contributed by atoms with Crippen LogP contribution in [0.1, 0.15) is 39.5 Å². The number of carbonyl (C=O) groups excluding carboxylic acids is 1. The number of carbonyl (C=O) groups is 2. The number of aliphatic hydroxyl groups excluding tert-OH is 1. The van der Waals surface area contributed by atoms with Crippen molar-refractivity contribution in [2.45, 2.75) is 45.6 Å². The Bertz CT molecular complexity index is 359. The Morgan fingerprint density at radius 3 is 2.60 bits per heavy atom. The number of aliphatic hydroxyl groups is 1. The van der Waals surface area contributed by atoms with Crippen LogP contribution in [0.15, 0.2) is 0 Å². The molecule has 0 aliphatic carbocycles. The van der Waals surface area contributed by atoms with E-state index in [4.69, 9.17) is 0 Å². The van der Waals surface area contributed by atoms with Gasteiger partial charge in [0.2, 0.25) is 0 Å². The van der Waals surface area contributed by atoms with Gasteiger partial charge in [0.1, 0.15) is 0 Å². The topological polar surface area (TPSA) is 81.1 Å². The Kier molecular flexibility index (Phi) is 5.80. The zero-order valence-corrected chi connectivity index (χ0v) is 12.6. The number of likely N-dealkylation sites (tertiary alicyclic amines) is 1. The minimum Gasteiger partial charge on any atom is -0.481 e. The largest absolute Gasteiger partial charge is 0.481 e. The molecule has 0 radical (unpaired) electrons. The number of carboxylic acid groups (broad SMARTS) is 1. The maximum absolute atomic E-state index is 12.2. The molecule has 0 aromatic rings. The predicted octanol–water partition coefficient (Wildman–Crippen LogP) is 1.39. The summed E-state index contributed by atoms with van der Waals surface area (Å²) in [5.74, 6) is -0.804. The summed E-state index contributed by atoms with van der Waals surface area (Å²) in [5, 5.41) is 18.7. The first-order valence-electron chi connectivity index (χ1n) is 7.24. The lowest BCUT2D eigenvalue weighted by Gasteiger charge is -2.27. The summed E-state index contributed by atoms with van der Waals surface area (Å²) in [6.07, 6.45) is 2.00. The zero-order chi connectivity index (χ0) is 15.3. The smallest absolute Gasteiger partial charge is 0.319 e. The highest BCUT2D eigenvalue weighted by molar-refractivity contribution is 5.79. The lowest BCUT2D eigenvalue weighted by Crippen LogP contribution is -2.43. The fourth-order valence-corrected chi connectivity index (χ4v) is 2.72. The molecule has 116 valence electrons. The number of amides is 2. The second kappa shape index (κ2) is 6.92. The van der Waals surface area contributed by atoms with E-state index in [0.29, 0.717) is 32.4 Å². The number of hydrogen-bond acceptors (Lipinski definition) is 3. The molecule has 2 amide bonds. The van der Waals surface area contributed by atoms with Gasteiger partial charge in [0.05, 0.1) is 11.5 Å². The Hall–Kier alpha value is -1.30. The first-order valence-corrected chi connectivity index (χ1v) is 7.24. The number of carboxylic acids is 1. The van der Waals surface area contributed by atoms with Gasteiger partial charge >= 0.3 is 12.0 Å². The first-order chi connectivity index (χ1) is 9.32. The molecule has 0 bridgehead atoms. The van der Waals surface area contributed by atoms with Crippen LogP contribution >= 0.6 is 0 Å². The van der Waals surface area contributed by atoms with E-state index in [1.54, 1.807) is 23.8 Å². The van der Waals surface area contributed by atoms with Crippen molar-refractivity contribution in [1.29, 1.82) is 0 Å². The lowest BCUT2D eigenvalue weighted by atomic mass is 9.83. The average Bonchev–Trinajstić information content (AvgIpc) is 2.81. The molecule has 20 heavy (non-hydrogen) atoms. The van der Waals surface area contributed by atoms with Crippen molar-refractivity contribution in [3.63, 3.8) is 0 Å². The monoisotopic (exact) mass is 286 g/mol. The molecule has 1 aliphatic rings. The number of rotatable bonds is 6. The highest BCUT2D eigenvalue weighted by atomic mass is 16.4. The van der Waals surface area contributed by atoms with Crippen LogP contribution in [-0.4, -0.2) is 64.8 Å². The van der Waals surface area contributed by atoms with Crippen molar-refractivity contribution in [2.24, 2.45) is 5.41 Å². The van der Waals surface area contributed by atoms with Gasteiger partial charge in [-0.3, -0.25) is 4.79 Å². The summed E-state index contributed by atoms with van der Waals surface area (Å²) in [6.45, 7) is 4.90. The molecule has 6 nitrogen and oxygen atoms in total. The number of urea groups is 1. The maximum Gasteiger partial charge on any atom is 0.319 e. The molecule has 1 fully saturated rings. The van der Waals surface area contributed by atoms with Gasteiger partial charge in [-0.25, -0.2) is 4.79 Å². The van der Waals surface area contributed by atoms with Crippen LogP contribution in [0.25, 0.3) is 0 Å². The third-order valence-corrected chi connectivity index (χ3v) is 4.02. The summed E-state index contributed by atoms with van der Waals surface area (Å²) in [5.41, 5.74) is -0.782. The van der Waals surface area contributed by atoms with E-state index in [9.17, 15) is 19.8 Å². The van der Waals surface area contributed by atoms with Crippen LogP contribution < -0.4 is 0 Å². The Balaban J connectivity index is 2.61. The third-order valence-electron chi connectivity index (χ3n) is 4.02. The minimum atomic E-state index is -0.804. The summed E-state index contributed by atoms with van der Waals surface area (Å²) in [6, 6.07) is -0.148. The normalized spacial score (nSPS) is 23.7. The second-order valence-electron chi connectivity index (χ2n) is 5.85. The number of nitrogens with zero attached hydrogens (tertiary/aromatic N) is 2. The average molecular weight is 286 g/mol. The molecule has 2 atom stereocenters. The molecule has 1 aliphatic heterocycles. The molecule has 1 rings (SSSR count). The van der Waals surface area contributed by atoms with Crippen LogP contribution in [0.4, 0.5) is 4.79 Å². The number of aliphatic carboxylic acids is 1. The van der Waals surface area contributed by atoms with Crippen molar-refractivity contribution in [1.82, 2.24) is 9.80 Å². The molecular weight excluding hydrogens is 260 g/mol. The predicted molar refractivity (Wildman–Crippen MR) is 75.5 cm³/mol. The summed E-state index contributed by atoms with van der Waals surface area (Å²) >= 11 is 0. The minimum absolute atomic E-state index is 0.148. The quantitative estimate of drug-likeness (QED) is 0.773. The fraction of sp³-hybridized carbons (Fsp3) is 0.857. The van der Waals surface area contributed by atoms with E-state index >= 15 is 0 Å². The molecule has 6 heteroatoms. The van der Waals surface area contributed by atoms with Crippen LogP contribution in [-0.2, 0) is 4.79 Å². The van der Waals surface area contributed by atoms with E-state index in [0.717, 1.165) is 6.42 Å². The van der Waals surface area contributed by atoms with E-state index in [-0.39, 0.29) is 12.6 Å². The van der Waals surface area contributed by atoms with Crippen LogP contribution in [0, 0.1) is 5.41 Å². The Morgan fingerprint density at radius 1 is 1.45 bits per heavy atom. The number of hydrogen-bond donors (Lipinski definition) is 2. The Labute approximate surface area is 120 Å². The molecule has 1 heterocycles. The van der Waals surface area contributed by atoms with Crippen LogP contribution in [0.2, 0.25) is 0 Å². The Morgan fingerprint density at radius 2 is 2.10 bits per heavy atom. The summed E-state index contributed by atoms with van der Waals surface area (Å²) in [4.78, 5) is 26.9. The highest BCUT2D eigenvalue weighted by Crippen LogP contribution is 2.35. The molecule has 2 N–H and O–H groups in total. The van der Waals surface area contributed by atoms with Gasteiger partial charge in [-0.2, -0.15) is 0 Å². The van der Waals surface area contributed by atoms with Crippen LogP contribution in [0.5, 0.6) is 0 Å². The molecular formula is C14H26N2O4. The van der Waals surface area contributed by atoms with Crippen molar-refractivity contribution >= 4 is 12.0 Å². The fourth-order valence-electron chi connectivity index (χ4n) is 2.72. The van der Waals surface area contributed by atoms with Gasteiger partial charge in [0, 0.05) is 26.7 Å². The van der Waals surface area contributed by atoms with E-state index in [2.05, 4.69) is 0 Å². The molecule has 0 spiro atoms. The summed E-state index contributed by atoms with van der Waals surface area (Å²) < 4.78 is 0. The maximum atomic E-state index is 12.2. The van der Waals surface area contributed by atoms with Crippen molar-refractivity contribution in [3.05, 3.63) is 0 Å². The van der Waals surface area contributed by atoms with E-state index in [1.807, 2.05) is 6.92 Å². The highest BCUT2D eigenvalue weighted by Gasteiger charge is 2.45. The molecule has 0 aromatic carbocycles. The second-order valence-corrected chi connectivity index (χ2v) is 5.85. The molecule has 2 unspecified atom stereocenters. The standard InChI is InChI=1S/C14H26N2O4/c1-4-6-14(12(18)19)7-9-16(10-14)13(20)15(3)8-5-11(2)17/h11,17H,4-10H2,1-3H3,(H,18,19). The van der Waals surface area contributed by atoms with Gasteiger partial charge in [0.15, 0.2) is 0 Å². The molecule has 0 aromatic heterocycles. The van der Waals surface area contributed by atoms with Gasteiger partial charge in [-0.05, 0) is 26.2 Å². The van der Waals surface area contributed by atoms with Gasteiger partial charge in [-0.15, -0.1) is 0 Å². The lowest BCUT2D eigenvalue weighted by molar-refractivity contribution is -0.148. The SMILES string of the molecule is CCCC1(C(=O)O)CCN(C(=O)N(C)CCC(C)O)C1. The van der Waals surface area contributed by atoms with Crippen molar-refractivity contribution in [2.75, 3.05) is 26.7 Å². The van der Waals surface area contributed by atoms with Gasteiger partial charge in [-0.1, -0.05) is 13.3 Å². The molecule has 0 saturated carbocycles. The van der Waals surface area contributed by atoms with E-state index in [1.165, 1.54) is 0 Å². The van der Waals surface area contributed by atoms with Crippen LogP contribution in [0.3, 0.4) is 0 Å². The molecule has 1 saturated heterocycles. The zero-order valence-electron chi connectivity index (χ0n) is 12.6. The van der Waals surface area contributed by atoms with Gasteiger partial charge < -0.3 is 20.0 Å².